The monoisotopic (exact) mass is 517 g/mol. The molecule has 0 saturated heterocycles. The predicted octanol–water partition coefficient (Wildman–Crippen LogP) is 9.81. The molecule has 0 radical (unpaired) electrons. The van der Waals surface area contributed by atoms with Crippen LogP contribution < -0.4 is 0 Å². The van der Waals surface area contributed by atoms with E-state index in [1.54, 1.807) is 0 Å². The third-order valence-electron chi connectivity index (χ3n) is 6.86. The van der Waals surface area contributed by atoms with Crippen molar-refractivity contribution in [2.75, 3.05) is 0 Å². The number of hydrogen-bond acceptors (Lipinski definition) is 2. The van der Waals surface area contributed by atoms with Crippen LogP contribution in [0.15, 0.2) is 106 Å². The number of rotatable bonds is 1. The fourth-order valence-electron chi connectivity index (χ4n) is 5.44. The number of nitrogens with zero attached hydrogens (tertiary/aromatic N) is 1. The van der Waals surface area contributed by atoms with Gasteiger partial charge in [0, 0.05) is 51.9 Å². The van der Waals surface area contributed by atoms with E-state index in [2.05, 4.69) is 105 Å². The van der Waals surface area contributed by atoms with E-state index in [-0.39, 0.29) is 0 Å². The van der Waals surface area contributed by atoms with Crippen molar-refractivity contribution in [1.29, 1.82) is 0 Å². The molecule has 0 atom stereocenters. The number of aromatic nitrogens is 1. The van der Waals surface area contributed by atoms with E-state index in [0.717, 1.165) is 32.1 Å². The van der Waals surface area contributed by atoms with E-state index in [0.29, 0.717) is 0 Å². The Morgan fingerprint density at radius 2 is 1.47 bits per heavy atom. The van der Waals surface area contributed by atoms with Gasteiger partial charge in [-0.1, -0.05) is 64.5 Å². The maximum atomic E-state index is 6.16. The summed E-state index contributed by atoms with van der Waals surface area (Å²) in [6, 6.07) is 34.7. The van der Waals surface area contributed by atoms with Gasteiger partial charge in [0.1, 0.15) is 11.2 Å². The van der Waals surface area contributed by atoms with Gasteiger partial charge in [0.15, 0.2) is 0 Å². The first-order chi connectivity index (χ1) is 16.8. The van der Waals surface area contributed by atoms with Crippen LogP contribution in [0, 0.1) is 0 Å². The van der Waals surface area contributed by atoms with Crippen molar-refractivity contribution in [2.45, 2.75) is 0 Å². The minimum Gasteiger partial charge on any atom is -0.456 e. The largest absolute Gasteiger partial charge is 0.456 e. The van der Waals surface area contributed by atoms with Crippen molar-refractivity contribution in [2.24, 2.45) is 0 Å². The molecule has 0 unspecified atom stereocenters. The minimum absolute atomic E-state index is 0.898. The van der Waals surface area contributed by atoms with Crippen LogP contribution in [0.5, 0.6) is 0 Å². The maximum absolute atomic E-state index is 6.16. The number of thiophene rings is 1. The molecular weight excluding hydrogens is 502 g/mol. The molecule has 5 aromatic carbocycles. The standard InChI is InChI=1S/C30H16BrNOS/c31-22-8-5-10-25-28(22)21-16-17(12-14-24(21)33-25)32-23-9-3-1-6-18(23)19-13-15-27-29(30(19)32)20-7-2-4-11-26(20)34-27/h1-16H. The number of para-hydroxylation sites is 1. The van der Waals surface area contributed by atoms with Gasteiger partial charge < -0.3 is 8.98 Å². The van der Waals surface area contributed by atoms with Gasteiger partial charge in [0.05, 0.1) is 11.0 Å². The van der Waals surface area contributed by atoms with E-state index in [4.69, 9.17) is 4.42 Å². The van der Waals surface area contributed by atoms with Gasteiger partial charge in [-0.25, -0.2) is 0 Å². The van der Waals surface area contributed by atoms with Crippen LogP contribution in [0.3, 0.4) is 0 Å². The van der Waals surface area contributed by atoms with Crippen molar-refractivity contribution < 1.29 is 4.42 Å². The SMILES string of the molecule is Brc1cccc2oc3ccc(-n4c5ccccc5c5ccc6sc7ccccc7c6c54)cc3c12. The number of furan rings is 1. The Hall–Kier alpha value is -3.60. The molecule has 8 aromatic rings. The first-order valence-electron chi connectivity index (χ1n) is 11.2. The Balaban J connectivity index is 1.59. The Kier molecular flexibility index (Phi) is 3.71. The highest BCUT2D eigenvalue weighted by Gasteiger charge is 2.19. The zero-order chi connectivity index (χ0) is 22.4. The highest BCUT2D eigenvalue weighted by atomic mass is 79.9. The van der Waals surface area contributed by atoms with E-state index < -0.39 is 0 Å². The number of hydrogen-bond donors (Lipinski definition) is 0. The molecular formula is C30H16BrNOS. The van der Waals surface area contributed by atoms with Crippen LogP contribution >= 0.6 is 27.3 Å². The summed E-state index contributed by atoms with van der Waals surface area (Å²) in [5.41, 5.74) is 5.42. The second-order valence-electron chi connectivity index (χ2n) is 8.68. The molecule has 34 heavy (non-hydrogen) atoms. The average Bonchev–Trinajstić information content (AvgIpc) is 3.53. The van der Waals surface area contributed by atoms with Crippen molar-refractivity contribution in [1.82, 2.24) is 4.57 Å². The van der Waals surface area contributed by atoms with Gasteiger partial charge in [0.2, 0.25) is 0 Å². The number of benzene rings is 5. The van der Waals surface area contributed by atoms with Crippen LogP contribution in [0.4, 0.5) is 0 Å². The van der Waals surface area contributed by atoms with Crippen molar-refractivity contribution >= 4 is 91.2 Å². The molecule has 2 nitrogen and oxygen atoms in total. The lowest BCUT2D eigenvalue weighted by atomic mass is 10.1. The number of fused-ring (bicyclic) bond motifs is 10. The summed E-state index contributed by atoms with van der Waals surface area (Å²) in [7, 11) is 0. The van der Waals surface area contributed by atoms with Gasteiger partial charge in [-0.05, 0) is 48.5 Å². The third kappa shape index (κ3) is 2.39. The molecule has 0 bridgehead atoms. The molecule has 0 N–H and O–H groups in total. The molecule has 0 fully saturated rings. The lowest BCUT2D eigenvalue weighted by Crippen LogP contribution is -1.94. The summed E-state index contributed by atoms with van der Waals surface area (Å²) in [6.45, 7) is 0. The zero-order valence-electron chi connectivity index (χ0n) is 17.9. The lowest BCUT2D eigenvalue weighted by molar-refractivity contribution is 0.669. The normalized spacial score (nSPS) is 12.3. The summed E-state index contributed by atoms with van der Waals surface area (Å²) >= 11 is 5.60. The zero-order valence-corrected chi connectivity index (χ0v) is 20.3. The third-order valence-corrected chi connectivity index (χ3v) is 8.66. The summed E-state index contributed by atoms with van der Waals surface area (Å²) in [5, 5.41) is 7.43. The van der Waals surface area contributed by atoms with Crippen LogP contribution in [-0.2, 0) is 0 Å². The van der Waals surface area contributed by atoms with Crippen LogP contribution in [-0.4, -0.2) is 4.57 Å². The summed E-state index contributed by atoms with van der Waals surface area (Å²) in [6.07, 6.45) is 0. The molecule has 4 heteroatoms. The smallest absolute Gasteiger partial charge is 0.136 e. The lowest BCUT2D eigenvalue weighted by Gasteiger charge is -2.09. The summed E-state index contributed by atoms with van der Waals surface area (Å²) in [5.74, 6) is 0. The minimum atomic E-state index is 0.898. The Morgan fingerprint density at radius 3 is 2.41 bits per heavy atom. The van der Waals surface area contributed by atoms with E-state index in [1.165, 1.54) is 42.0 Å². The molecule has 3 aromatic heterocycles. The first kappa shape index (κ1) is 18.8. The van der Waals surface area contributed by atoms with E-state index in [1.807, 2.05) is 23.5 Å². The second-order valence-corrected chi connectivity index (χ2v) is 10.6. The molecule has 160 valence electrons. The molecule has 0 aliphatic rings. The van der Waals surface area contributed by atoms with Gasteiger partial charge in [-0.3, -0.25) is 0 Å². The fraction of sp³-hybridized carbons (Fsp3) is 0. The number of halogens is 1. The molecule has 0 saturated carbocycles. The summed E-state index contributed by atoms with van der Waals surface area (Å²) in [4.78, 5) is 0. The van der Waals surface area contributed by atoms with Crippen molar-refractivity contribution in [3.8, 4) is 5.69 Å². The molecule has 3 heterocycles. The van der Waals surface area contributed by atoms with Gasteiger partial charge in [-0.2, -0.15) is 0 Å². The first-order valence-corrected chi connectivity index (χ1v) is 12.8. The van der Waals surface area contributed by atoms with Crippen LogP contribution in [0.25, 0.3) is 69.6 Å². The van der Waals surface area contributed by atoms with Crippen LogP contribution in [0.2, 0.25) is 0 Å². The van der Waals surface area contributed by atoms with Crippen molar-refractivity contribution in [3.05, 3.63) is 102 Å². The van der Waals surface area contributed by atoms with Crippen LogP contribution in [0.1, 0.15) is 0 Å². The molecule has 0 amide bonds. The quantitative estimate of drug-likeness (QED) is 0.212. The van der Waals surface area contributed by atoms with Gasteiger partial charge >= 0.3 is 0 Å². The molecule has 0 aliphatic heterocycles. The Bertz CT molecular complexity index is 2090. The summed E-state index contributed by atoms with van der Waals surface area (Å²) < 4.78 is 12.3. The topological polar surface area (TPSA) is 18.1 Å². The molecule has 8 rings (SSSR count). The van der Waals surface area contributed by atoms with Gasteiger partial charge in [0.25, 0.3) is 0 Å². The fourth-order valence-corrected chi connectivity index (χ4v) is 7.11. The molecule has 0 aliphatic carbocycles. The highest BCUT2D eigenvalue weighted by Crippen LogP contribution is 2.43. The van der Waals surface area contributed by atoms with Gasteiger partial charge in [-0.15, -0.1) is 11.3 Å². The van der Waals surface area contributed by atoms with E-state index in [9.17, 15) is 0 Å². The Morgan fingerprint density at radius 1 is 0.618 bits per heavy atom. The maximum Gasteiger partial charge on any atom is 0.136 e. The van der Waals surface area contributed by atoms with E-state index >= 15 is 0 Å². The second kappa shape index (κ2) is 6.72. The molecule has 0 spiro atoms. The predicted molar refractivity (Wildman–Crippen MR) is 149 cm³/mol. The Labute approximate surface area is 206 Å². The van der Waals surface area contributed by atoms with Crippen molar-refractivity contribution in [3.63, 3.8) is 0 Å². The highest BCUT2D eigenvalue weighted by molar-refractivity contribution is 9.10. The average molecular weight is 518 g/mol.